The third kappa shape index (κ3) is 6.04. The normalized spacial score (nSPS) is 11.6. The van der Waals surface area contributed by atoms with Crippen LogP contribution >= 0.6 is 0 Å². The van der Waals surface area contributed by atoms with Crippen LogP contribution in [-0.2, 0) is 0 Å². The maximum absolute atomic E-state index is 2.60. The molecule has 9 aromatic carbocycles. The number of para-hydroxylation sites is 1. The summed E-state index contributed by atoms with van der Waals surface area (Å²) in [5.74, 6) is 0. The largest absolute Gasteiger partial charge is 0.310 e. The van der Waals surface area contributed by atoms with Crippen LogP contribution in [0.4, 0.5) is 0 Å². The van der Waals surface area contributed by atoms with Crippen molar-refractivity contribution in [2.24, 2.45) is 0 Å². The molecule has 0 fully saturated rings. The second-order valence-corrected chi connectivity index (χ2v) is 17.5. The van der Waals surface area contributed by atoms with Crippen molar-refractivity contribution >= 4 is 137 Å². The molecule has 0 radical (unpaired) electrons. The molecule has 2 nitrogen and oxygen atoms in total. The standard InChI is InChI=1S/C54H43B7N2/c55-46-43(47(56)51(60)53-44(46)45-48(57)49(58)50(59)52(61)54(45)63(53)40-19-11-10-18-37(40)33-16-8-3-9-17-33)35-23-27-42-39(29-35)38-28-34(31-14-6-2-7-15-31)22-26-41(38)62(42)36-24-20-32(21-25-36)30-12-4-1-5-13-30/h1-29H,55-61H2. The molecule has 0 aliphatic heterocycles. The van der Waals surface area contributed by atoms with Crippen LogP contribution in [0.2, 0.25) is 0 Å². The van der Waals surface area contributed by atoms with Crippen LogP contribution in [0, 0.1) is 0 Å². The Morgan fingerprint density at radius 3 is 1.37 bits per heavy atom. The Morgan fingerprint density at radius 2 is 0.746 bits per heavy atom. The van der Waals surface area contributed by atoms with E-state index in [1.54, 1.807) is 0 Å². The van der Waals surface area contributed by atoms with Gasteiger partial charge in [0, 0.05) is 38.4 Å². The number of nitrogens with zero attached hydrogens (tertiary/aromatic N) is 2. The average Bonchev–Trinajstić information content (AvgIpc) is 3.87. The van der Waals surface area contributed by atoms with Crippen molar-refractivity contribution in [3.8, 4) is 55.9 Å². The lowest BCUT2D eigenvalue weighted by Gasteiger charge is -2.20. The quantitative estimate of drug-likeness (QED) is 0.229. The van der Waals surface area contributed by atoms with Gasteiger partial charge < -0.3 is 9.13 Å². The van der Waals surface area contributed by atoms with Gasteiger partial charge in [0.2, 0.25) is 0 Å². The third-order valence-corrected chi connectivity index (χ3v) is 14.3. The predicted octanol–water partition coefficient (Wildman–Crippen LogP) is 2.36. The summed E-state index contributed by atoms with van der Waals surface area (Å²) in [6.45, 7) is 0. The first-order valence-electron chi connectivity index (χ1n) is 22.2. The maximum atomic E-state index is 2.60. The summed E-state index contributed by atoms with van der Waals surface area (Å²) in [6, 6.07) is 64.4. The molecular formula is C54H43B7N2. The number of benzene rings is 9. The molecule has 0 aliphatic rings. The summed E-state index contributed by atoms with van der Waals surface area (Å²) in [4.78, 5) is 0. The van der Waals surface area contributed by atoms with E-state index in [1.165, 1.54) is 132 Å². The topological polar surface area (TPSA) is 9.86 Å². The summed E-state index contributed by atoms with van der Waals surface area (Å²) >= 11 is 0. The molecule has 63 heavy (non-hydrogen) atoms. The smallest absolute Gasteiger partial charge is 0.141 e. The van der Waals surface area contributed by atoms with Crippen LogP contribution in [0.15, 0.2) is 176 Å². The Labute approximate surface area is 375 Å². The van der Waals surface area contributed by atoms with E-state index in [9.17, 15) is 0 Å². The number of hydrogen-bond donors (Lipinski definition) is 0. The molecule has 0 N–H and O–H groups in total. The number of hydrogen-bond acceptors (Lipinski definition) is 0. The minimum absolute atomic E-state index is 1.15. The van der Waals surface area contributed by atoms with Gasteiger partial charge in [0.05, 0.1) is 16.7 Å². The fourth-order valence-electron chi connectivity index (χ4n) is 10.6. The summed E-state index contributed by atoms with van der Waals surface area (Å²) in [6.07, 6.45) is 0. The van der Waals surface area contributed by atoms with Gasteiger partial charge in [-0.15, -0.1) is 5.46 Å². The highest BCUT2D eigenvalue weighted by atomic mass is 15.0. The molecule has 2 aromatic heterocycles. The average molecular weight is 796 g/mol. The van der Waals surface area contributed by atoms with Gasteiger partial charge in [0.1, 0.15) is 54.9 Å². The summed E-state index contributed by atoms with van der Waals surface area (Å²) < 4.78 is 5.05. The van der Waals surface area contributed by atoms with Crippen LogP contribution in [0.25, 0.3) is 99.5 Å². The van der Waals surface area contributed by atoms with Crippen molar-refractivity contribution in [3.05, 3.63) is 176 Å². The lowest BCUT2D eigenvalue weighted by atomic mass is 9.64. The van der Waals surface area contributed by atoms with Crippen LogP contribution in [0.1, 0.15) is 0 Å². The van der Waals surface area contributed by atoms with Gasteiger partial charge in [0.25, 0.3) is 0 Å². The van der Waals surface area contributed by atoms with E-state index in [1.807, 2.05) is 0 Å². The van der Waals surface area contributed by atoms with Crippen molar-refractivity contribution in [1.82, 2.24) is 9.13 Å². The van der Waals surface area contributed by atoms with Crippen LogP contribution < -0.4 is 38.2 Å². The molecule has 0 aliphatic carbocycles. The molecule has 0 bridgehead atoms. The molecule has 11 rings (SSSR count). The Hall–Kier alpha value is -6.97. The highest BCUT2D eigenvalue weighted by molar-refractivity contribution is 6.69. The van der Waals surface area contributed by atoms with Crippen LogP contribution in [0.5, 0.6) is 0 Å². The van der Waals surface area contributed by atoms with E-state index in [4.69, 9.17) is 0 Å². The van der Waals surface area contributed by atoms with Gasteiger partial charge in [0.15, 0.2) is 0 Å². The summed E-state index contributed by atoms with van der Waals surface area (Å²) in [5, 5.41) is 5.21. The van der Waals surface area contributed by atoms with E-state index in [2.05, 4.69) is 240 Å². The minimum Gasteiger partial charge on any atom is -0.310 e. The first-order chi connectivity index (χ1) is 30.7. The highest BCUT2D eigenvalue weighted by Gasteiger charge is 2.26. The molecule has 0 amide bonds. The lowest BCUT2D eigenvalue weighted by molar-refractivity contribution is 1.18. The molecule has 290 valence electrons. The van der Waals surface area contributed by atoms with E-state index < -0.39 is 0 Å². The number of rotatable bonds is 6. The van der Waals surface area contributed by atoms with Crippen molar-refractivity contribution in [2.75, 3.05) is 0 Å². The molecule has 9 heteroatoms. The van der Waals surface area contributed by atoms with Crippen molar-refractivity contribution in [2.45, 2.75) is 0 Å². The second-order valence-electron chi connectivity index (χ2n) is 17.5. The van der Waals surface area contributed by atoms with Gasteiger partial charge in [-0.05, 0) is 86.8 Å². The Morgan fingerprint density at radius 1 is 0.302 bits per heavy atom. The van der Waals surface area contributed by atoms with Gasteiger partial charge in [-0.1, -0.05) is 166 Å². The van der Waals surface area contributed by atoms with Crippen molar-refractivity contribution in [1.29, 1.82) is 0 Å². The first-order valence-corrected chi connectivity index (χ1v) is 22.2. The van der Waals surface area contributed by atoms with Gasteiger partial charge >= 0.3 is 0 Å². The molecular weight excluding hydrogens is 752 g/mol. The maximum Gasteiger partial charge on any atom is 0.141 e. The number of aromatic nitrogens is 2. The van der Waals surface area contributed by atoms with Gasteiger partial charge in [-0.25, -0.2) is 0 Å². The molecule has 0 saturated carbocycles. The summed E-state index contributed by atoms with van der Waals surface area (Å²) in [7, 11) is 16.3. The zero-order chi connectivity index (χ0) is 43.1. The zero-order valence-corrected chi connectivity index (χ0v) is 37.1. The summed E-state index contributed by atoms with van der Waals surface area (Å²) in [5.41, 5.74) is 26.6. The number of fused-ring (bicyclic) bond motifs is 6. The molecule has 11 aromatic rings. The van der Waals surface area contributed by atoms with E-state index in [0.29, 0.717) is 0 Å². The van der Waals surface area contributed by atoms with E-state index in [-0.39, 0.29) is 0 Å². The monoisotopic (exact) mass is 796 g/mol. The van der Waals surface area contributed by atoms with Crippen molar-refractivity contribution < 1.29 is 0 Å². The first kappa shape index (κ1) is 38.9. The Kier molecular flexibility index (Phi) is 9.35. The third-order valence-electron chi connectivity index (χ3n) is 14.3. The predicted molar refractivity (Wildman–Crippen MR) is 294 cm³/mol. The van der Waals surface area contributed by atoms with E-state index >= 15 is 0 Å². The minimum atomic E-state index is 1.15. The molecule has 0 spiro atoms. The van der Waals surface area contributed by atoms with Crippen LogP contribution in [0.3, 0.4) is 0 Å². The molecule has 0 atom stereocenters. The van der Waals surface area contributed by atoms with E-state index in [0.717, 1.165) is 5.69 Å². The molecule has 2 heterocycles. The van der Waals surface area contributed by atoms with Crippen molar-refractivity contribution in [3.63, 3.8) is 0 Å². The Bertz CT molecular complexity index is 3620. The molecule has 0 saturated heterocycles. The van der Waals surface area contributed by atoms with Gasteiger partial charge in [-0.3, -0.25) is 0 Å². The highest BCUT2D eigenvalue weighted by Crippen LogP contribution is 2.39. The second kappa shape index (κ2) is 15.1. The van der Waals surface area contributed by atoms with Crippen LogP contribution in [-0.4, -0.2) is 64.1 Å². The lowest BCUT2D eigenvalue weighted by Crippen LogP contribution is -2.48. The Balaban J connectivity index is 1.19. The fraction of sp³-hybridized carbons (Fsp3) is 0. The molecule has 0 unspecified atom stereocenters. The SMILES string of the molecule is Bc1c(B)c(B)c2c(c1B)c1c(B)c(-c3ccc4c(c3)c3cc(-c5ccccc5)ccc3n4-c3ccc(-c4ccccc4)cc3)c(B)c(B)c1n2-c1ccccc1-c1ccccc1. The zero-order valence-electron chi connectivity index (χ0n) is 37.1. The van der Waals surface area contributed by atoms with Gasteiger partial charge in [-0.2, -0.15) is 0 Å². The fourth-order valence-corrected chi connectivity index (χ4v) is 10.6.